The smallest absolute Gasteiger partial charge is 0.158 e. The number of carbonyl (C=O) groups is 1. The molecule has 0 N–H and O–H groups in total. The third-order valence-corrected chi connectivity index (χ3v) is 4.01. The van der Waals surface area contributed by atoms with E-state index < -0.39 is 0 Å². The predicted molar refractivity (Wildman–Crippen MR) is 53.4 cm³/mol. The molecule has 0 spiro atoms. The summed E-state index contributed by atoms with van der Waals surface area (Å²) in [6.45, 7) is 4.41. The molecule has 0 saturated heterocycles. The Bertz CT molecular complexity index is 254. The molecule has 0 aromatic rings. The van der Waals surface area contributed by atoms with Crippen LogP contribution in [0.4, 0.5) is 0 Å². The van der Waals surface area contributed by atoms with Crippen molar-refractivity contribution >= 4 is 5.78 Å². The minimum Gasteiger partial charge on any atom is -0.295 e. The fraction of sp³-hybridized carbons (Fsp3) is 0.750. The lowest BCUT2D eigenvalue weighted by Crippen LogP contribution is -2.39. The minimum atomic E-state index is 0.260. The second kappa shape index (κ2) is 2.97. The maximum atomic E-state index is 11.5. The Hall–Kier alpha value is -0.590. The SMILES string of the molecule is C[C@H]1C(=O)C=C[C@@]2(C)CCCC[C@H]12. The molecule has 1 saturated carbocycles. The topological polar surface area (TPSA) is 17.1 Å². The van der Waals surface area contributed by atoms with Crippen molar-refractivity contribution in [3.8, 4) is 0 Å². The van der Waals surface area contributed by atoms with Gasteiger partial charge in [0.15, 0.2) is 5.78 Å². The number of allylic oxidation sites excluding steroid dienone is 2. The van der Waals surface area contributed by atoms with E-state index in [2.05, 4.69) is 19.9 Å². The highest BCUT2D eigenvalue weighted by molar-refractivity contribution is 5.92. The van der Waals surface area contributed by atoms with Gasteiger partial charge in [-0.1, -0.05) is 32.8 Å². The highest BCUT2D eigenvalue weighted by atomic mass is 16.1. The molecule has 2 aliphatic rings. The van der Waals surface area contributed by atoms with Crippen LogP contribution in [0.15, 0.2) is 12.2 Å². The highest BCUT2D eigenvalue weighted by Crippen LogP contribution is 2.48. The molecule has 0 heterocycles. The van der Waals surface area contributed by atoms with Crippen LogP contribution in [0, 0.1) is 17.3 Å². The highest BCUT2D eigenvalue weighted by Gasteiger charge is 2.41. The number of ketones is 1. The van der Waals surface area contributed by atoms with Gasteiger partial charge in [0.05, 0.1) is 0 Å². The maximum absolute atomic E-state index is 11.5. The van der Waals surface area contributed by atoms with Crippen LogP contribution in [0.1, 0.15) is 39.5 Å². The lowest BCUT2D eigenvalue weighted by molar-refractivity contribution is -0.122. The lowest BCUT2D eigenvalue weighted by Gasteiger charge is -2.44. The van der Waals surface area contributed by atoms with Crippen LogP contribution in [0.25, 0.3) is 0 Å². The van der Waals surface area contributed by atoms with Crippen molar-refractivity contribution in [3.05, 3.63) is 12.2 Å². The third kappa shape index (κ3) is 1.34. The zero-order valence-electron chi connectivity index (χ0n) is 8.55. The van der Waals surface area contributed by atoms with Gasteiger partial charge in [-0.05, 0) is 30.3 Å². The van der Waals surface area contributed by atoms with Gasteiger partial charge in [-0.25, -0.2) is 0 Å². The molecule has 3 atom stereocenters. The van der Waals surface area contributed by atoms with E-state index in [1.165, 1.54) is 25.7 Å². The average Bonchev–Trinajstić information content (AvgIpc) is 2.12. The average molecular weight is 178 g/mol. The van der Waals surface area contributed by atoms with Crippen LogP contribution < -0.4 is 0 Å². The van der Waals surface area contributed by atoms with Gasteiger partial charge in [-0.2, -0.15) is 0 Å². The van der Waals surface area contributed by atoms with E-state index in [1.54, 1.807) is 0 Å². The molecule has 13 heavy (non-hydrogen) atoms. The zero-order valence-corrected chi connectivity index (χ0v) is 8.55. The number of hydrogen-bond acceptors (Lipinski definition) is 1. The van der Waals surface area contributed by atoms with Crippen molar-refractivity contribution in [2.45, 2.75) is 39.5 Å². The Morgan fingerprint density at radius 2 is 2.23 bits per heavy atom. The monoisotopic (exact) mass is 178 g/mol. The standard InChI is InChI=1S/C12H18O/c1-9-10-5-3-4-7-12(10,2)8-6-11(9)13/h6,8-10H,3-5,7H2,1-2H3/t9-,10-,12-/m1/s1. The molecule has 0 unspecified atom stereocenters. The van der Waals surface area contributed by atoms with Crippen molar-refractivity contribution in [3.63, 3.8) is 0 Å². The summed E-state index contributed by atoms with van der Waals surface area (Å²) in [4.78, 5) is 11.5. The van der Waals surface area contributed by atoms with Gasteiger partial charge in [0.25, 0.3) is 0 Å². The molecular formula is C12H18O. The Labute approximate surface area is 80.2 Å². The Balaban J connectivity index is 2.31. The van der Waals surface area contributed by atoms with Gasteiger partial charge in [-0.15, -0.1) is 0 Å². The molecule has 1 heteroatoms. The molecule has 0 amide bonds. The molecule has 0 bridgehead atoms. The lowest BCUT2D eigenvalue weighted by atomic mass is 9.60. The van der Waals surface area contributed by atoms with E-state index in [4.69, 9.17) is 0 Å². The van der Waals surface area contributed by atoms with Crippen LogP contribution in [0.2, 0.25) is 0 Å². The van der Waals surface area contributed by atoms with Gasteiger partial charge in [0.2, 0.25) is 0 Å². The summed E-state index contributed by atoms with van der Waals surface area (Å²) >= 11 is 0. The molecule has 0 aromatic heterocycles. The van der Waals surface area contributed by atoms with Crippen molar-refractivity contribution in [2.24, 2.45) is 17.3 Å². The first-order valence-electron chi connectivity index (χ1n) is 5.36. The quantitative estimate of drug-likeness (QED) is 0.557. The summed E-state index contributed by atoms with van der Waals surface area (Å²) in [5.41, 5.74) is 0.325. The van der Waals surface area contributed by atoms with Crippen molar-refractivity contribution in [1.29, 1.82) is 0 Å². The molecule has 0 aliphatic heterocycles. The maximum Gasteiger partial charge on any atom is 0.158 e. The summed E-state index contributed by atoms with van der Waals surface area (Å²) in [6, 6.07) is 0. The Kier molecular flexibility index (Phi) is 2.05. The van der Waals surface area contributed by atoms with Crippen LogP contribution >= 0.6 is 0 Å². The Morgan fingerprint density at radius 3 is 3.00 bits per heavy atom. The van der Waals surface area contributed by atoms with Crippen LogP contribution in [0.5, 0.6) is 0 Å². The summed E-state index contributed by atoms with van der Waals surface area (Å²) in [5, 5.41) is 0. The molecule has 1 fully saturated rings. The van der Waals surface area contributed by atoms with E-state index in [0.717, 1.165) is 0 Å². The molecule has 0 radical (unpaired) electrons. The first-order chi connectivity index (χ1) is 6.13. The molecule has 0 aromatic carbocycles. The second-order valence-corrected chi connectivity index (χ2v) is 4.88. The second-order valence-electron chi connectivity index (χ2n) is 4.88. The first kappa shape index (κ1) is 8.98. The fourth-order valence-electron chi connectivity index (χ4n) is 3.04. The van der Waals surface area contributed by atoms with Crippen molar-refractivity contribution in [1.82, 2.24) is 0 Å². The molecule has 2 aliphatic carbocycles. The van der Waals surface area contributed by atoms with Crippen molar-refractivity contribution < 1.29 is 4.79 Å². The molecule has 1 nitrogen and oxygen atoms in total. The van der Waals surface area contributed by atoms with Crippen LogP contribution in [0.3, 0.4) is 0 Å². The minimum absolute atomic E-state index is 0.260. The van der Waals surface area contributed by atoms with Crippen LogP contribution in [-0.2, 0) is 4.79 Å². The predicted octanol–water partition coefficient (Wildman–Crippen LogP) is 2.96. The summed E-state index contributed by atoms with van der Waals surface area (Å²) in [6.07, 6.45) is 9.13. The van der Waals surface area contributed by atoms with Crippen molar-refractivity contribution in [2.75, 3.05) is 0 Å². The van der Waals surface area contributed by atoms with Gasteiger partial charge < -0.3 is 0 Å². The van der Waals surface area contributed by atoms with Gasteiger partial charge in [0.1, 0.15) is 0 Å². The molecular weight excluding hydrogens is 160 g/mol. The number of hydrogen-bond donors (Lipinski definition) is 0. The number of fused-ring (bicyclic) bond motifs is 1. The van der Waals surface area contributed by atoms with E-state index in [9.17, 15) is 4.79 Å². The van der Waals surface area contributed by atoms with Crippen LogP contribution in [-0.4, -0.2) is 5.78 Å². The van der Waals surface area contributed by atoms with E-state index in [1.807, 2.05) is 6.08 Å². The number of rotatable bonds is 0. The van der Waals surface area contributed by atoms with E-state index >= 15 is 0 Å². The fourth-order valence-corrected chi connectivity index (χ4v) is 3.04. The summed E-state index contributed by atoms with van der Waals surface area (Å²) in [7, 11) is 0. The largest absolute Gasteiger partial charge is 0.295 e. The summed E-state index contributed by atoms with van der Waals surface area (Å²) in [5.74, 6) is 1.21. The molecule has 72 valence electrons. The van der Waals surface area contributed by atoms with Gasteiger partial charge >= 0.3 is 0 Å². The first-order valence-corrected chi connectivity index (χ1v) is 5.36. The van der Waals surface area contributed by atoms with Gasteiger partial charge in [0, 0.05) is 5.92 Å². The normalized spacial score (nSPS) is 44.6. The third-order valence-electron chi connectivity index (χ3n) is 4.01. The zero-order chi connectivity index (χ0) is 9.47. The van der Waals surface area contributed by atoms with E-state index in [0.29, 0.717) is 17.1 Å². The van der Waals surface area contributed by atoms with E-state index in [-0.39, 0.29) is 5.92 Å². The molecule has 2 rings (SSSR count). The Morgan fingerprint density at radius 1 is 1.46 bits per heavy atom. The number of carbonyl (C=O) groups excluding carboxylic acids is 1. The van der Waals surface area contributed by atoms with Gasteiger partial charge in [-0.3, -0.25) is 4.79 Å². The summed E-state index contributed by atoms with van der Waals surface area (Å²) < 4.78 is 0.